The predicted molar refractivity (Wildman–Crippen MR) is 66.4 cm³/mol. The van der Waals surface area contributed by atoms with Crippen LogP contribution in [-0.4, -0.2) is 12.6 Å². The first kappa shape index (κ1) is 12.1. The molecule has 0 bridgehead atoms. The summed E-state index contributed by atoms with van der Waals surface area (Å²) < 4.78 is 10.2. The number of ether oxygens (including phenoxy) is 1. The first-order valence-corrected chi connectivity index (χ1v) is 5.58. The van der Waals surface area contributed by atoms with Crippen molar-refractivity contribution in [3.8, 4) is 11.3 Å². The summed E-state index contributed by atoms with van der Waals surface area (Å²) >= 11 is 0. The van der Waals surface area contributed by atoms with E-state index in [0.29, 0.717) is 5.76 Å². The molecule has 92 valence electrons. The van der Waals surface area contributed by atoms with Gasteiger partial charge >= 0.3 is 5.97 Å². The summed E-state index contributed by atoms with van der Waals surface area (Å²) in [5.74, 6) is -0.360. The lowest BCUT2D eigenvalue weighted by atomic mass is 10.1. The van der Waals surface area contributed by atoms with Gasteiger partial charge in [-0.25, -0.2) is 4.79 Å². The molecule has 4 nitrogen and oxygen atoms in total. The molecule has 0 N–H and O–H groups in total. The number of rotatable bonds is 3. The highest BCUT2D eigenvalue weighted by Crippen LogP contribution is 2.18. The molecule has 1 heterocycles. The maximum absolute atomic E-state index is 11.5. The van der Waals surface area contributed by atoms with E-state index in [1.807, 2.05) is 18.2 Å². The van der Waals surface area contributed by atoms with Crippen LogP contribution < -0.4 is 5.43 Å². The van der Waals surface area contributed by atoms with Crippen molar-refractivity contribution in [2.75, 3.05) is 6.61 Å². The van der Waals surface area contributed by atoms with Crippen molar-refractivity contribution in [2.24, 2.45) is 0 Å². The van der Waals surface area contributed by atoms with E-state index in [9.17, 15) is 9.59 Å². The van der Waals surface area contributed by atoms with Gasteiger partial charge < -0.3 is 9.15 Å². The van der Waals surface area contributed by atoms with Crippen molar-refractivity contribution >= 4 is 5.97 Å². The maximum atomic E-state index is 11.5. The molecule has 1 aromatic heterocycles. The van der Waals surface area contributed by atoms with Crippen LogP contribution in [0.25, 0.3) is 11.3 Å². The monoisotopic (exact) mass is 244 g/mol. The Kier molecular flexibility index (Phi) is 3.57. The van der Waals surface area contributed by atoms with Crippen LogP contribution in [0.4, 0.5) is 0 Å². The van der Waals surface area contributed by atoms with Gasteiger partial charge in [0.1, 0.15) is 5.76 Å². The Balaban J connectivity index is 2.45. The molecule has 0 unspecified atom stereocenters. The minimum atomic E-state index is -0.632. The van der Waals surface area contributed by atoms with Crippen molar-refractivity contribution < 1.29 is 13.9 Å². The Hall–Kier alpha value is -2.36. The molecule has 0 fully saturated rings. The lowest BCUT2D eigenvalue weighted by molar-refractivity contribution is 0.0488. The van der Waals surface area contributed by atoms with Crippen LogP contribution in [0.15, 0.2) is 51.7 Å². The first-order valence-electron chi connectivity index (χ1n) is 5.58. The van der Waals surface area contributed by atoms with E-state index >= 15 is 0 Å². The summed E-state index contributed by atoms with van der Waals surface area (Å²) in [4.78, 5) is 23.1. The second-order valence-electron chi connectivity index (χ2n) is 3.61. The van der Waals surface area contributed by atoms with E-state index in [1.54, 1.807) is 19.1 Å². The number of benzene rings is 1. The summed E-state index contributed by atoms with van der Waals surface area (Å²) in [5.41, 5.74) is 0.448. The van der Waals surface area contributed by atoms with Crippen molar-refractivity contribution in [1.29, 1.82) is 0 Å². The van der Waals surface area contributed by atoms with Gasteiger partial charge in [0, 0.05) is 17.7 Å². The third kappa shape index (κ3) is 2.66. The van der Waals surface area contributed by atoms with E-state index in [-0.39, 0.29) is 17.8 Å². The first-order chi connectivity index (χ1) is 8.70. The summed E-state index contributed by atoms with van der Waals surface area (Å²) in [7, 11) is 0. The molecule has 18 heavy (non-hydrogen) atoms. The highest BCUT2D eigenvalue weighted by atomic mass is 16.5. The van der Waals surface area contributed by atoms with E-state index in [1.165, 1.54) is 6.07 Å². The highest BCUT2D eigenvalue weighted by molar-refractivity contribution is 5.86. The second kappa shape index (κ2) is 5.31. The lowest BCUT2D eigenvalue weighted by Crippen LogP contribution is -2.09. The normalized spacial score (nSPS) is 10.1. The zero-order valence-corrected chi connectivity index (χ0v) is 9.88. The van der Waals surface area contributed by atoms with Gasteiger partial charge in [0.25, 0.3) is 0 Å². The van der Waals surface area contributed by atoms with Crippen LogP contribution >= 0.6 is 0 Å². The molecule has 2 rings (SSSR count). The van der Waals surface area contributed by atoms with E-state index < -0.39 is 5.97 Å². The Morgan fingerprint density at radius 2 is 1.94 bits per heavy atom. The minimum Gasteiger partial charge on any atom is -0.460 e. The number of carbonyl (C=O) groups is 1. The minimum absolute atomic E-state index is 0.0804. The zero-order valence-electron chi connectivity index (χ0n) is 9.88. The van der Waals surface area contributed by atoms with Gasteiger partial charge in [-0.05, 0) is 6.92 Å². The van der Waals surface area contributed by atoms with Crippen LogP contribution in [-0.2, 0) is 4.74 Å². The molecular formula is C14H12O4. The smallest absolute Gasteiger partial charge is 0.374 e. The fourth-order valence-electron chi connectivity index (χ4n) is 1.52. The van der Waals surface area contributed by atoms with Crippen LogP contribution in [0.1, 0.15) is 17.5 Å². The van der Waals surface area contributed by atoms with Gasteiger partial charge in [-0.1, -0.05) is 30.3 Å². The van der Waals surface area contributed by atoms with Gasteiger partial charge in [0.05, 0.1) is 6.61 Å². The lowest BCUT2D eigenvalue weighted by Gasteiger charge is -2.04. The third-order valence-corrected chi connectivity index (χ3v) is 2.30. The molecule has 0 atom stereocenters. The van der Waals surface area contributed by atoms with Gasteiger partial charge in [0.2, 0.25) is 5.76 Å². The van der Waals surface area contributed by atoms with Gasteiger partial charge in [-0.2, -0.15) is 0 Å². The Bertz CT molecular complexity index is 599. The summed E-state index contributed by atoms with van der Waals surface area (Å²) in [6.45, 7) is 1.93. The molecule has 4 heteroatoms. The summed E-state index contributed by atoms with van der Waals surface area (Å²) in [6.07, 6.45) is 0. The van der Waals surface area contributed by atoms with Gasteiger partial charge in [-0.3, -0.25) is 4.79 Å². The highest BCUT2D eigenvalue weighted by Gasteiger charge is 2.12. The van der Waals surface area contributed by atoms with Crippen LogP contribution in [0.2, 0.25) is 0 Å². The second-order valence-corrected chi connectivity index (χ2v) is 3.61. The summed E-state index contributed by atoms with van der Waals surface area (Å²) in [5, 5.41) is 0. The molecule has 2 aromatic rings. The van der Waals surface area contributed by atoms with Crippen molar-refractivity contribution in [2.45, 2.75) is 6.92 Å². The van der Waals surface area contributed by atoms with Crippen LogP contribution in [0.5, 0.6) is 0 Å². The largest absolute Gasteiger partial charge is 0.460 e. The fourth-order valence-corrected chi connectivity index (χ4v) is 1.52. The van der Waals surface area contributed by atoms with Crippen molar-refractivity contribution in [3.63, 3.8) is 0 Å². The van der Waals surface area contributed by atoms with Crippen molar-refractivity contribution in [1.82, 2.24) is 0 Å². The fraction of sp³-hybridized carbons (Fsp3) is 0.143. The zero-order chi connectivity index (χ0) is 13.0. The molecule has 0 amide bonds. The molecular weight excluding hydrogens is 232 g/mol. The Morgan fingerprint density at radius 3 is 2.61 bits per heavy atom. The summed E-state index contributed by atoms with van der Waals surface area (Å²) in [6, 6.07) is 11.6. The Labute approximate surface area is 104 Å². The van der Waals surface area contributed by atoms with E-state index in [0.717, 1.165) is 11.6 Å². The SMILES string of the molecule is CCOC(=O)c1cc(=O)cc(-c2ccccc2)o1. The van der Waals surface area contributed by atoms with Crippen LogP contribution in [0.3, 0.4) is 0 Å². The molecule has 1 aromatic carbocycles. The van der Waals surface area contributed by atoms with Crippen molar-refractivity contribution in [3.05, 3.63) is 58.4 Å². The average Bonchev–Trinajstić information content (AvgIpc) is 2.39. The Morgan fingerprint density at radius 1 is 1.22 bits per heavy atom. The average molecular weight is 244 g/mol. The van der Waals surface area contributed by atoms with E-state index in [4.69, 9.17) is 9.15 Å². The molecule has 0 aliphatic rings. The molecule has 0 saturated heterocycles. The van der Waals surface area contributed by atoms with Crippen LogP contribution in [0, 0.1) is 0 Å². The number of hydrogen-bond donors (Lipinski definition) is 0. The molecule has 0 aliphatic heterocycles. The number of esters is 1. The van der Waals surface area contributed by atoms with Gasteiger partial charge in [-0.15, -0.1) is 0 Å². The predicted octanol–water partition coefficient (Wildman–Crippen LogP) is 2.48. The van der Waals surface area contributed by atoms with Gasteiger partial charge in [0.15, 0.2) is 5.43 Å². The molecule has 0 spiro atoms. The molecule has 0 saturated carbocycles. The number of hydrogen-bond acceptors (Lipinski definition) is 4. The maximum Gasteiger partial charge on any atom is 0.374 e. The number of carbonyl (C=O) groups excluding carboxylic acids is 1. The topological polar surface area (TPSA) is 56.5 Å². The standard InChI is InChI=1S/C14H12O4/c1-2-17-14(16)13-9-11(15)8-12(18-13)10-6-4-3-5-7-10/h3-9H,2H2,1H3. The molecule has 0 radical (unpaired) electrons. The molecule has 0 aliphatic carbocycles. The van der Waals surface area contributed by atoms with E-state index in [2.05, 4.69) is 0 Å². The third-order valence-electron chi connectivity index (χ3n) is 2.30. The quantitative estimate of drug-likeness (QED) is 0.778.